The highest BCUT2D eigenvalue weighted by Gasteiger charge is 2.43. The Labute approximate surface area is 144 Å². The zero-order chi connectivity index (χ0) is 15.7. The van der Waals surface area contributed by atoms with Crippen molar-refractivity contribution in [1.82, 2.24) is 10.2 Å². The molecule has 2 aliphatic heterocycles. The molecule has 2 atom stereocenters. The number of piperidine rings is 1. The summed E-state index contributed by atoms with van der Waals surface area (Å²) in [6, 6.07) is 7.48. The van der Waals surface area contributed by atoms with Crippen LogP contribution in [0.1, 0.15) is 37.8 Å². The van der Waals surface area contributed by atoms with Crippen molar-refractivity contribution in [1.29, 1.82) is 0 Å². The van der Waals surface area contributed by atoms with Crippen LogP contribution >= 0.6 is 12.4 Å². The number of nitrogens with one attached hydrogen (secondary N) is 1. The predicted octanol–water partition coefficient (Wildman–Crippen LogP) is 1.86. The van der Waals surface area contributed by atoms with Crippen molar-refractivity contribution in [2.75, 3.05) is 20.1 Å². The largest absolute Gasteiger partial charge is 0.487 e. The smallest absolute Gasteiger partial charge is 0.237 e. The number of rotatable bonds is 2. The molecule has 5 nitrogen and oxygen atoms in total. The van der Waals surface area contributed by atoms with Crippen LogP contribution < -0.4 is 15.8 Å². The van der Waals surface area contributed by atoms with Crippen LogP contribution in [0, 0.1) is 0 Å². The molecular weight excluding hydrogens is 314 g/mol. The maximum absolute atomic E-state index is 12.1. The number of para-hydroxylation sites is 1. The number of nitrogens with two attached hydrogens (primary N) is 1. The van der Waals surface area contributed by atoms with Crippen molar-refractivity contribution in [3.63, 3.8) is 0 Å². The molecule has 0 aromatic heterocycles. The van der Waals surface area contributed by atoms with E-state index in [-0.39, 0.29) is 30.0 Å². The van der Waals surface area contributed by atoms with Gasteiger partial charge in [-0.1, -0.05) is 18.2 Å². The first-order chi connectivity index (χ1) is 10.5. The van der Waals surface area contributed by atoms with Crippen LogP contribution in [0.2, 0.25) is 0 Å². The number of hydrogen-bond acceptors (Lipinski definition) is 4. The van der Waals surface area contributed by atoms with Gasteiger partial charge in [-0.05, 0) is 32.9 Å². The van der Waals surface area contributed by atoms with Gasteiger partial charge in [-0.2, -0.15) is 0 Å². The van der Waals surface area contributed by atoms with Gasteiger partial charge in [0, 0.05) is 25.1 Å². The highest BCUT2D eigenvalue weighted by Crippen LogP contribution is 2.44. The lowest BCUT2D eigenvalue weighted by atomic mass is 9.80. The minimum Gasteiger partial charge on any atom is -0.487 e. The molecule has 23 heavy (non-hydrogen) atoms. The zero-order valence-corrected chi connectivity index (χ0v) is 14.6. The van der Waals surface area contributed by atoms with Gasteiger partial charge in [-0.15, -0.1) is 12.4 Å². The SMILES string of the molecule is CC(N)C(=O)NC1CC2(CCN(C)CC2)Oc2ccccc21.Cl. The van der Waals surface area contributed by atoms with Crippen LogP contribution in [-0.4, -0.2) is 42.6 Å². The highest BCUT2D eigenvalue weighted by molar-refractivity contribution is 5.85. The fourth-order valence-corrected chi connectivity index (χ4v) is 3.38. The molecule has 3 rings (SSSR count). The molecule has 6 heteroatoms. The maximum atomic E-state index is 12.1. The van der Waals surface area contributed by atoms with E-state index in [2.05, 4.69) is 17.3 Å². The summed E-state index contributed by atoms with van der Waals surface area (Å²) < 4.78 is 6.37. The van der Waals surface area contributed by atoms with Crippen molar-refractivity contribution in [2.24, 2.45) is 5.73 Å². The number of amides is 1. The Hall–Kier alpha value is -1.30. The van der Waals surface area contributed by atoms with E-state index in [9.17, 15) is 4.79 Å². The molecule has 0 aliphatic carbocycles. The average Bonchev–Trinajstić information content (AvgIpc) is 2.50. The van der Waals surface area contributed by atoms with Gasteiger partial charge in [-0.3, -0.25) is 4.79 Å². The number of hydrogen-bond donors (Lipinski definition) is 2. The van der Waals surface area contributed by atoms with E-state index >= 15 is 0 Å². The molecule has 1 saturated heterocycles. The quantitative estimate of drug-likeness (QED) is 0.863. The molecule has 128 valence electrons. The Kier molecular flexibility index (Phi) is 5.55. The van der Waals surface area contributed by atoms with E-state index in [4.69, 9.17) is 10.5 Å². The van der Waals surface area contributed by atoms with Gasteiger partial charge < -0.3 is 20.7 Å². The number of nitrogens with zero attached hydrogens (tertiary/aromatic N) is 1. The van der Waals surface area contributed by atoms with E-state index < -0.39 is 6.04 Å². The number of likely N-dealkylation sites (tertiary alicyclic amines) is 1. The second-order valence-electron chi connectivity index (χ2n) is 6.68. The van der Waals surface area contributed by atoms with Crippen molar-refractivity contribution in [3.8, 4) is 5.75 Å². The topological polar surface area (TPSA) is 67.6 Å². The number of ether oxygens (including phenoxy) is 1. The third-order valence-corrected chi connectivity index (χ3v) is 4.83. The highest BCUT2D eigenvalue weighted by atomic mass is 35.5. The van der Waals surface area contributed by atoms with Gasteiger partial charge >= 0.3 is 0 Å². The fraction of sp³-hybridized carbons (Fsp3) is 0.588. The Balaban J connectivity index is 0.00000192. The Morgan fingerprint density at radius 1 is 1.39 bits per heavy atom. The summed E-state index contributed by atoms with van der Waals surface area (Å²) in [5.74, 6) is 0.790. The number of benzene rings is 1. The van der Waals surface area contributed by atoms with Crippen molar-refractivity contribution in [3.05, 3.63) is 29.8 Å². The third kappa shape index (κ3) is 3.79. The van der Waals surface area contributed by atoms with Gasteiger partial charge in [0.25, 0.3) is 0 Å². The van der Waals surface area contributed by atoms with Crippen LogP contribution in [0.4, 0.5) is 0 Å². The molecule has 1 spiro atoms. The molecule has 2 aliphatic rings. The number of carbonyl (C=O) groups excluding carboxylic acids is 1. The summed E-state index contributed by atoms with van der Waals surface area (Å²) in [5, 5.41) is 3.10. The molecule has 2 unspecified atom stereocenters. The summed E-state index contributed by atoms with van der Waals surface area (Å²) in [4.78, 5) is 14.4. The molecule has 3 N–H and O–H groups in total. The fourth-order valence-electron chi connectivity index (χ4n) is 3.38. The first-order valence-corrected chi connectivity index (χ1v) is 8.02. The summed E-state index contributed by atoms with van der Waals surface area (Å²) in [6.45, 7) is 3.76. The van der Waals surface area contributed by atoms with Crippen LogP contribution in [0.25, 0.3) is 0 Å². The first-order valence-electron chi connectivity index (χ1n) is 8.02. The lowest BCUT2D eigenvalue weighted by Gasteiger charge is -2.46. The summed E-state index contributed by atoms with van der Waals surface area (Å²) in [5.41, 5.74) is 6.60. The lowest BCUT2D eigenvalue weighted by molar-refractivity contribution is -0.123. The van der Waals surface area contributed by atoms with Crippen molar-refractivity contribution < 1.29 is 9.53 Å². The second-order valence-corrected chi connectivity index (χ2v) is 6.68. The molecular formula is C17H26ClN3O2. The average molecular weight is 340 g/mol. The summed E-state index contributed by atoms with van der Waals surface area (Å²) >= 11 is 0. The minimum absolute atomic E-state index is 0. The van der Waals surface area contributed by atoms with Crippen LogP contribution in [0.5, 0.6) is 5.75 Å². The standard InChI is InChI=1S/C17H25N3O2.ClH/c1-12(18)16(21)19-14-11-17(7-9-20(2)10-8-17)22-15-6-4-3-5-13(14)15;/h3-6,12,14H,7-11,18H2,1-2H3,(H,19,21);1H. The van der Waals surface area contributed by atoms with E-state index in [1.807, 2.05) is 24.3 Å². The monoisotopic (exact) mass is 339 g/mol. The summed E-state index contributed by atoms with van der Waals surface area (Å²) in [7, 11) is 2.14. The van der Waals surface area contributed by atoms with Crippen LogP contribution in [0.3, 0.4) is 0 Å². The molecule has 1 amide bonds. The predicted molar refractivity (Wildman–Crippen MR) is 92.9 cm³/mol. The molecule has 1 aromatic carbocycles. The maximum Gasteiger partial charge on any atom is 0.237 e. The molecule has 0 radical (unpaired) electrons. The number of halogens is 1. The van der Waals surface area contributed by atoms with E-state index in [1.165, 1.54) is 0 Å². The lowest BCUT2D eigenvalue weighted by Crippen LogP contribution is -2.52. The van der Waals surface area contributed by atoms with Gasteiger partial charge in [0.2, 0.25) is 5.91 Å². The molecule has 1 aromatic rings. The van der Waals surface area contributed by atoms with Crippen molar-refractivity contribution in [2.45, 2.75) is 43.9 Å². The Morgan fingerprint density at radius 2 is 2.04 bits per heavy atom. The number of fused-ring (bicyclic) bond motifs is 1. The van der Waals surface area contributed by atoms with E-state index in [0.29, 0.717) is 0 Å². The van der Waals surface area contributed by atoms with Gasteiger partial charge in [0.15, 0.2) is 0 Å². The van der Waals surface area contributed by atoms with Crippen LogP contribution in [-0.2, 0) is 4.79 Å². The van der Waals surface area contributed by atoms with Gasteiger partial charge in [-0.25, -0.2) is 0 Å². The Bertz CT molecular complexity index is 557. The second kappa shape index (κ2) is 7.07. The molecule has 0 bridgehead atoms. The molecule has 2 heterocycles. The first kappa shape index (κ1) is 18.0. The zero-order valence-electron chi connectivity index (χ0n) is 13.7. The number of carbonyl (C=O) groups is 1. The molecule has 1 fully saturated rings. The third-order valence-electron chi connectivity index (χ3n) is 4.83. The van der Waals surface area contributed by atoms with E-state index in [0.717, 1.165) is 43.7 Å². The van der Waals surface area contributed by atoms with Gasteiger partial charge in [0.05, 0.1) is 12.1 Å². The van der Waals surface area contributed by atoms with E-state index in [1.54, 1.807) is 6.92 Å². The van der Waals surface area contributed by atoms with Gasteiger partial charge in [0.1, 0.15) is 11.4 Å². The normalized spacial score (nSPS) is 24.0. The summed E-state index contributed by atoms with van der Waals surface area (Å²) in [6.07, 6.45) is 2.79. The van der Waals surface area contributed by atoms with Crippen molar-refractivity contribution >= 4 is 18.3 Å². The van der Waals surface area contributed by atoms with Crippen LogP contribution in [0.15, 0.2) is 24.3 Å². The molecule has 0 saturated carbocycles. The Morgan fingerprint density at radius 3 is 2.70 bits per heavy atom. The minimum atomic E-state index is -0.497.